The molecule has 1 saturated heterocycles. The molecule has 0 bridgehead atoms. The van der Waals surface area contributed by atoms with Crippen molar-refractivity contribution in [2.45, 2.75) is 39.0 Å². The number of halogens is 1. The first-order valence-corrected chi connectivity index (χ1v) is 9.33. The lowest BCUT2D eigenvalue weighted by atomic mass is 9.93. The van der Waals surface area contributed by atoms with E-state index in [0.717, 1.165) is 18.5 Å². The number of para-hydroxylation sites is 1. The smallest absolute Gasteiger partial charge is 0.276 e. The number of nitrogens with one attached hydrogen (secondary N) is 2. The van der Waals surface area contributed by atoms with Gasteiger partial charge in [0.15, 0.2) is 5.69 Å². The first-order valence-electron chi connectivity index (χ1n) is 9.33. The standard InChI is InChI=1S/C20H25FN4O2/c1-13(2)11-19(26)25-9-7-14(8-10-25)17-12-18(24-23-17)20(27)22-16-6-4-3-5-15(16)21/h3-6,12-14H,7-11H2,1-2H3,(H,22,27)(H,23,24). The van der Waals surface area contributed by atoms with Gasteiger partial charge in [0, 0.05) is 31.1 Å². The van der Waals surface area contributed by atoms with Crippen molar-refractivity contribution in [2.24, 2.45) is 5.92 Å². The van der Waals surface area contributed by atoms with Gasteiger partial charge in [0.2, 0.25) is 5.91 Å². The molecule has 1 aliphatic heterocycles. The average Bonchev–Trinajstić information content (AvgIpc) is 3.13. The van der Waals surface area contributed by atoms with Crippen molar-refractivity contribution >= 4 is 17.5 Å². The summed E-state index contributed by atoms with van der Waals surface area (Å²) in [5.41, 5.74) is 1.24. The number of hydrogen-bond donors (Lipinski definition) is 2. The first-order chi connectivity index (χ1) is 12.9. The fraction of sp³-hybridized carbons (Fsp3) is 0.450. The van der Waals surface area contributed by atoms with E-state index in [1.165, 1.54) is 12.1 Å². The number of piperidine rings is 1. The van der Waals surface area contributed by atoms with Crippen molar-refractivity contribution in [3.8, 4) is 0 Å². The Balaban J connectivity index is 1.58. The SMILES string of the molecule is CC(C)CC(=O)N1CCC(c2cc(C(=O)Nc3ccccc3F)n[nH]2)CC1. The van der Waals surface area contributed by atoms with E-state index in [2.05, 4.69) is 15.5 Å². The molecule has 144 valence electrons. The second-order valence-corrected chi connectivity index (χ2v) is 7.40. The van der Waals surface area contributed by atoms with E-state index in [1.54, 1.807) is 18.2 Å². The largest absolute Gasteiger partial charge is 0.343 e. The molecule has 1 fully saturated rings. The molecule has 0 radical (unpaired) electrons. The molecule has 1 aliphatic rings. The van der Waals surface area contributed by atoms with Crippen LogP contribution in [0, 0.1) is 11.7 Å². The molecule has 27 heavy (non-hydrogen) atoms. The van der Waals surface area contributed by atoms with Crippen LogP contribution >= 0.6 is 0 Å². The molecular formula is C20H25FN4O2. The van der Waals surface area contributed by atoms with Crippen LogP contribution in [0.5, 0.6) is 0 Å². The number of amides is 2. The molecule has 1 aromatic carbocycles. The fourth-order valence-corrected chi connectivity index (χ4v) is 3.33. The van der Waals surface area contributed by atoms with E-state index in [4.69, 9.17) is 0 Å². The van der Waals surface area contributed by atoms with Crippen molar-refractivity contribution in [2.75, 3.05) is 18.4 Å². The minimum atomic E-state index is -0.486. The maximum atomic E-state index is 13.7. The summed E-state index contributed by atoms with van der Waals surface area (Å²) in [5.74, 6) is -0.140. The number of carbonyl (C=O) groups excluding carboxylic acids is 2. The summed E-state index contributed by atoms with van der Waals surface area (Å²) in [7, 11) is 0. The Morgan fingerprint density at radius 3 is 2.67 bits per heavy atom. The summed E-state index contributed by atoms with van der Waals surface area (Å²) < 4.78 is 13.7. The highest BCUT2D eigenvalue weighted by molar-refractivity contribution is 6.02. The Morgan fingerprint density at radius 1 is 1.30 bits per heavy atom. The Labute approximate surface area is 158 Å². The van der Waals surface area contributed by atoms with Gasteiger partial charge in [-0.3, -0.25) is 14.7 Å². The third kappa shape index (κ3) is 4.72. The lowest BCUT2D eigenvalue weighted by molar-refractivity contribution is -0.133. The lowest BCUT2D eigenvalue weighted by Gasteiger charge is -2.32. The van der Waals surface area contributed by atoms with E-state index in [-0.39, 0.29) is 23.2 Å². The molecule has 0 saturated carbocycles. The van der Waals surface area contributed by atoms with Crippen molar-refractivity contribution < 1.29 is 14.0 Å². The van der Waals surface area contributed by atoms with Crippen molar-refractivity contribution in [1.82, 2.24) is 15.1 Å². The number of anilines is 1. The summed E-state index contributed by atoms with van der Waals surface area (Å²) in [4.78, 5) is 26.4. The number of aromatic amines is 1. The number of H-pyrrole nitrogens is 1. The van der Waals surface area contributed by atoms with Gasteiger partial charge in [-0.2, -0.15) is 5.10 Å². The highest BCUT2D eigenvalue weighted by Gasteiger charge is 2.26. The van der Waals surface area contributed by atoms with Crippen LogP contribution in [0.15, 0.2) is 30.3 Å². The summed E-state index contributed by atoms with van der Waals surface area (Å²) in [5, 5.41) is 9.53. The number of likely N-dealkylation sites (tertiary alicyclic amines) is 1. The van der Waals surface area contributed by atoms with Gasteiger partial charge in [0.1, 0.15) is 5.82 Å². The molecule has 7 heteroatoms. The minimum absolute atomic E-state index is 0.129. The van der Waals surface area contributed by atoms with Gasteiger partial charge in [0.05, 0.1) is 5.69 Å². The molecular weight excluding hydrogens is 347 g/mol. The van der Waals surface area contributed by atoms with Crippen LogP contribution in [-0.4, -0.2) is 40.0 Å². The van der Waals surface area contributed by atoms with E-state index in [0.29, 0.717) is 25.4 Å². The van der Waals surface area contributed by atoms with Crippen molar-refractivity contribution in [1.29, 1.82) is 0 Å². The monoisotopic (exact) mass is 372 g/mol. The molecule has 0 atom stereocenters. The van der Waals surface area contributed by atoms with Crippen LogP contribution in [0.25, 0.3) is 0 Å². The molecule has 0 unspecified atom stereocenters. The Hall–Kier alpha value is -2.70. The molecule has 2 heterocycles. The van der Waals surface area contributed by atoms with Crippen LogP contribution in [0.1, 0.15) is 55.2 Å². The van der Waals surface area contributed by atoms with Gasteiger partial charge in [-0.15, -0.1) is 0 Å². The molecule has 1 aromatic heterocycles. The van der Waals surface area contributed by atoms with Crippen molar-refractivity contribution in [3.05, 3.63) is 47.5 Å². The minimum Gasteiger partial charge on any atom is -0.343 e. The number of nitrogens with zero attached hydrogens (tertiary/aromatic N) is 2. The molecule has 0 spiro atoms. The summed E-state index contributed by atoms with van der Waals surface area (Å²) >= 11 is 0. The Morgan fingerprint density at radius 2 is 2.00 bits per heavy atom. The van der Waals surface area contributed by atoms with Crippen LogP contribution < -0.4 is 5.32 Å². The van der Waals surface area contributed by atoms with Crippen LogP contribution in [0.4, 0.5) is 10.1 Å². The number of carbonyl (C=O) groups is 2. The van der Waals surface area contributed by atoms with E-state index < -0.39 is 11.7 Å². The summed E-state index contributed by atoms with van der Waals surface area (Å²) in [6.07, 6.45) is 2.25. The number of aromatic nitrogens is 2. The highest BCUT2D eigenvalue weighted by atomic mass is 19.1. The van der Waals surface area contributed by atoms with Gasteiger partial charge in [-0.25, -0.2) is 4.39 Å². The Kier molecular flexibility index (Phi) is 5.88. The lowest BCUT2D eigenvalue weighted by Crippen LogP contribution is -2.38. The zero-order valence-corrected chi connectivity index (χ0v) is 15.7. The maximum Gasteiger partial charge on any atom is 0.276 e. The van der Waals surface area contributed by atoms with E-state index in [9.17, 15) is 14.0 Å². The molecule has 0 aliphatic carbocycles. The number of rotatable bonds is 5. The predicted octanol–water partition coefficient (Wildman–Crippen LogP) is 3.55. The van der Waals surface area contributed by atoms with Gasteiger partial charge < -0.3 is 10.2 Å². The van der Waals surface area contributed by atoms with E-state index in [1.807, 2.05) is 18.7 Å². The van der Waals surface area contributed by atoms with Gasteiger partial charge in [-0.05, 0) is 37.0 Å². The van der Waals surface area contributed by atoms with Gasteiger partial charge >= 0.3 is 0 Å². The van der Waals surface area contributed by atoms with Gasteiger partial charge in [0.25, 0.3) is 5.91 Å². The highest BCUT2D eigenvalue weighted by Crippen LogP contribution is 2.28. The Bertz CT molecular complexity index is 810. The van der Waals surface area contributed by atoms with Crippen LogP contribution in [-0.2, 0) is 4.79 Å². The van der Waals surface area contributed by atoms with Crippen molar-refractivity contribution in [3.63, 3.8) is 0 Å². The zero-order chi connectivity index (χ0) is 19.4. The molecule has 3 rings (SSSR count). The third-order valence-corrected chi connectivity index (χ3v) is 4.82. The topological polar surface area (TPSA) is 78.1 Å². The molecule has 6 nitrogen and oxygen atoms in total. The first kappa shape index (κ1) is 19.1. The van der Waals surface area contributed by atoms with Crippen LogP contribution in [0.3, 0.4) is 0 Å². The van der Waals surface area contributed by atoms with Gasteiger partial charge in [-0.1, -0.05) is 26.0 Å². The van der Waals surface area contributed by atoms with Crippen LogP contribution in [0.2, 0.25) is 0 Å². The quantitative estimate of drug-likeness (QED) is 0.842. The number of hydrogen-bond acceptors (Lipinski definition) is 3. The molecule has 2 N–H and O–H groups in total. The summed E-state index contributed by atoms with van der Waals surface area (Å²) in [6.45, 7) is 5.52. The summed E-state index contributed by atoms with van der Waals surface area (Å²) in [6, 6.07) is 7.73. The second kappa shape index (κ2) is 8.33. The third-order valence-electron chi connectivity index (χ3n) is 4.82. The normalized spacial score (nSPS) is 15.2. The second-order valence-electron chi connectivity index (χ2n) is 7.40. The molecule has 2 aromatic rings. The zero-order valence-electron chi connectivity index (χ0n) is 15.7. The average molecular weight is 372 g/mol. The van der Waals surface area contributed by atoms with E-state index >= 15 is 0 Å². The molecule has 2 amide bonds. The number of benzene rings is 1. The maximum absolute atomic E-state index is 13.7. The fourth-order valence-electron chi connectivity index (χ4n) is 3.33. The predicted molar refractivity (Wildman–Crippen MR) is 101 cm³/mol.